The number of pyridine rings is 1. The number of hydrogen-bond donors (Lipinski definition) is 1. The van der Waals surface area contributed by atoms with E-state index in [1.807, 2.05) is 23.5 Å². The van der Waals surface area contributed by atoms with E-state index in [1.165, 1.54) is 0 Å². The fourth-order valence-electron chi connectivity index (χ4n) is 0.890. The third-order valence-electron chi connectivity index (χ3n) is 1.40. The minimum Gasteiger partial charge on any atom is -0.298 e. The van der Waals surface area contributed by atoms with Crippen LogP contribution in [0.15, 0.2) is 18.3 Å². The highest BCUT2D eigenvalue weighted by atomic mass is 32.2. The second-order valence-electron chi connectivity index (χ2n) is 2.06. The van der Waals surface area contributed by atoms with Crippen molar-refractivity contribution in [2.75, 3.05) is 16.1 Å². The van der Waals surface area contributed by atoms with Crippen molar-refractivity contribution < 1.29 is 0 Å². The molecular weight excluding hydrogens is 146 g/mol. The van der Waals surface area contributed by atoms with E-state index in [-0.39, 0.29) is 0 Å². The molecule has 0 saturated heterocycles. The van der Waals surface area contributed by atoms with Gasteiger partial charge in [0.25, 0.3) is 0 Å². The van der Waals surface area contributed by atoms with Crippen LogP contribution in [0.25, 0.3) is 0 Å². The summed E-state index contributed by atoms with van der Waals surface area (Å²) in [5.74, 6) is 0.954. The van der Waals surface area contributed by atoms with Crippen LogP contribution in [0.3, 0.4) is 0 Å². The fourth-order valence-corrected chi connectivity index (χ4v) is 1.52. The maximum Gasteiger partial charge on any atom is 0.161 e. The van der Waals surface area contributed by atoms with E-state index in [0.717, 1.165) is 11.5 Å². The molecule has 0 spiro atoms. The fraction of sp³-hybridized carbons (Fsp3) is 0.167. The Balaban J connectivity index is 2.51. The van der Waals surface area contributed by atoms with Crippen LogP contribution in [0.1, 0.15) is 0 Å². The van der Waals surface area contributed by atoms with Gasteiger partial charge >= 0.3 is 0 Å². The largest absolute Gasteiger partial charge is 0.298 e. The Hall–Kier alpha value is -0.900. The predicted molar refractivity (Wildman–Crippen MR) is 43.9 cm³/mol. The Morgan fingerprint density at radius 2 is 2.60 bits per heavy atom. The molecule has 1 N–H and O–H groups in total. The van der Waals surface area contributed by atoms with E-state index in [0.29, 0.717) is 0 Å². The SMILES string of the molecule is CN1SNc2ncccc21. The molecule has 0 fully saturated rings. The number of hydrogen-bond acceptors (Lipinski definition) is 4. The molecule has 0 amide bonds. The lowest BCUT2D eigenvalue weighted by Gasteiger charge is -2.04. The Morgan fingerprint density at radius 1 is 1.70 bits per heavy atom. The van der Waals surface area contributed by atoms with Crippen molar-refractivity contribution >= 4 is 23.6 Å². The van der Waals surface area contributed by atoms with Gasteiger partial charge in [0, 0.05) is 13.2 Å². The van der Waals surface area contributed by atoms with Crippen molar-refractivity contribution in [3.63, 3.8) is 0 Å². The molecule has 0 aromatic carbocycles. The highest BCUT2D eigenvalue weighted by Gasteiger charge is 2.15. The van der Waals surface area contributed by atoms with Crippen LogP contribution < -0.4 is 9.03 Å². The highest BCUT2D eigenvalue weighted by molar-refractivity contribution is 8.02. The third-order valence-corrected chi connectivity index (χ3v) is 2.16. The van der Waals surface area contributed by atoms with Crippen molar-refractivity contribution in [3.8, 4) is 0 Å². The summed E-state index contributed by atoms with van der Waals surface area (Å²) < 4.78 is 5.13. The topological polar surface area (TPSA) is 28.2 Å². The number of fused-ring (bicyclic) bond motifs is 1. The average molecular weight is 153 g/mol. The van der Waals surface area contributed by atoms with E-state index in [1.54, 1.807) is 18.3 Å². The number of anilines is 2. The summed E-state index contributed by atoms with van der Waals surface area (Å²) >= 11 is 1.55. The molecule has 0 saturated carbocycles. The van der Waals surface area contributed by atoms with Crippen LogP contribution in [0.2, 0.25) is 0 Å². The summed E-state index contributed by atoms with van der Waals surface area (Å²) in [4.78, 5) is 4.14. The normalized spacial score (nSPS) is 14.7. The minimum absolute atomic E-state index is 0.954. The molecule has 2 rings (SSSR count). The van der Waals surface area contributed by atoms with Crippen molar-refractivity contribution in [3.05, 3.63) is 18.3 Å². The van der Waals surface area contributed by atoms with E-state index in [9.17, 15) is 0 Å². The third kappa shape index (κ3) is 0.724. The van der Waals surface area contributed by atoms with Crippen LogP contribution in [-0.2, 0) is 0 Å². The summed E-state index contributed by atoms with van der Waals surface area (Å²) in [5, 5.41) is 0. The first-order valence-electron chi connectivity index (χ1n) is 2.99. The molecule has 4 heteroatoms. The zero-order valence-electron chi connectivity index (χ0n) is 5.53. The molecular formula is C6H7N3S. The molecule has 0 bridgehead atoms. The van der Waals surface area contributed by atoms with E-state index in [4.69, 9.17) is 0 Å². The van der Waals surface area contributed by atoms with E-state index in [2.05, 4.69) is 9.71 Å². The predicted octanol–water partition coefficient (Wildman–Crippen LogP) is 1.51. The van der Waals surface area contributed by atoms with E-state index < -0.39 is 0 Å². The molecule has 3 nitrogen and oxygen atoms in total. The maximum atomic E-state index is 4.14. The quantitative estimate of drug-likeness (QED) is 0.572. The van der Waals surface area contributed by atoms with Crippen molar-refractivity contribution in [2.45, 2.75) is 0 Å². The van der Waals surface area contributed by atoms with Gasteiger partial charge in [-0.2, -0.15) is 0 Å². The van der Waals surface area contributed by atoms with Gasteiger partial charge in [0.05, 0.1) is 17.8 Å². The van der Waals surface area contributed by atoms with Gasteiger partial charge in [0.2, 0.25) is 0 Å². The van der Waals surface area contributed by atoms with Gasteiger partial charge in [-0.15, -0.1) is 0 Å². The monoisotopic (exact) mass is 153 g/mol. The molecule has 0 unspecified atom stereocenters. The molecule has 1 aromatic rings. The second kappa shape index (κ2) is 2.05. The van der Waals surface area contributed by atoms with E-state index >= 15 is 0 Å². The number of aromatic nitrogens is 1. The highest BCUT2D eigenvalue weighted by Crippen LogP contribution is 2.34. The summed E-state index contributed by atoms with van der Waals surface area (Å²) in [7, 11) is 2.01. The van der Waals surface area contributed by atoms with Crippen molar-refractivity contribution in [1.29, 1.82) is 0 Å². The molecule has 1 aliphatic rings. The van der Waals surface area contributed by atoms with Gasteiger partial charge in [-0.1, -0.05) is 0 Å². The van der Waals surface area contributed by atoms with Crippen molar-refractivity contribution in [2.24, 2.45) is 0 Å². The van der Waals surface area contributed by atoms with Crippen LogP contribution >= 0.6 is 12.1 Å². The molecule has 1 aliphatic heterocycles. The lowest BCUT2D eigenvalue weighted by molar-refractivity contribution is 1.30. The Bertz CT molecular complexity index is 251. The Morgan fingerprint density at radius 3 is 3.40 bits per heavy atom. The van der Waals surface area contributed by atoms with Gasteiger partial charge in [0.15, 0.2) is 5.82 Å². The lowest BCUT2D eigenvalue weighted by atomic mass is 10.4. The van der Waals surface area contributed by atoms with Crippen LogP contribution in [-0.4, -0.2) is 12.0 Å². The standard InChI is InChI=1S/C6H7N3S/c1-9-5-3-2-4-7-6(5)8-10-9/h2-4H,1H3,(H,7,8). The van der Waals surface area contributed by atoms with Crippen LogP contribution in [0.4, 0.5) is 11.5 Å². The Labute approximate surface area is 63.7 Å². The first-order chi connectivity index (χ1) is 4.88. The average Bonchev–Trinajstić information content (AvgIpc) is 2.34. The lowest BCUT2D eigenvalue weighted by Crippen LogP contribution is -2.00. The van der Waals surface area contributed by atoms with Gasteiger partial charge in [-0.3, -0.25) is 9.03 Å². The van der Waals surface area contributed by atoms with Crippen molar-refractivity contribution in [1.82, 2.24) is 4.98 Å². The summed E-state index contributed by atoms with van der Waals surface area (Å²) in [6, 6.07) is 3.97. The zero-order valence-corrected chi connectivity index (χ0v) is 6.35. The number of nitrogens with zero attached hydrogens (tertiary/aromatic N) is 2. The van der Waals surface area contributed by atoms with Gasteiger partial charge < -0.3 is 0 Å². The smallest absolute Gasteiger partial charge is 0.161 e. The molecule has 0 radical (unpaired) electrons. The molecule has 0 atom stereocenters. The molecule has 10 heavy (non-hydrogen) atoms. The summed E-state index contributed by atoms with van der Waals surface area (Å²) in [6.45, 7) is 0. The van der Waals surface area contributed by atoms with Gasteiger partial charge in [-0.25, -0.2) is 4.98 Å². The summed E-state index contributed by atoms with van der Waals surface area (Å²) in [5.41, 5.74) is 1.15. The van der Waals surface area contributed by atoms with Crippen LogP contribution in [0, 0.1) is 0 Å². The minimum atomic E-state index is 0.954. The number of rotatable bonds is 0. The zero-order chi connectivity index (χ0) is 6.97. The Kier molecular flexibility index (Phi) is 1.20. The van der Waals surface area contributed by atoms with Gasteiger partial charge in [-0.05, 0) is 12.1 Å². The maximum absolute atomic E-state index is 4.14. The molecule has 0 aliphatic carbocycles. The number of nitrogens with one attached hydrogen (secondary N) is 1. The molecule has 2 heterocycles. The van der Waals surface area contributed by atoms with Crippen LogP contribution in [0.5, 0.6) is 0 Å². The first-order valence-corrected chi connectivity index (χ1v) is 3.77. The second-order valence-corrected chi connectivity index (χ2v) is 3.00. The molecule has 1 aromatic heterocycles. The van der Waals surface area contributed by atoms with Gasteiger partial charge in [0.1, 0.15) is 0 Å². The molecule has 52 valence electrons. The summed E-state index contributed by atoms with van der Waals surface area (Å²) in [6.07, 6.45) is 1.78. The first kappa shape index (κ1) is 5.85.